The first kappa shape index (κ1) is 22.2. The molecular weight excluding hydrogens is 463 g/mol. The molecule has 4 N–H and O–H groups in total. The summed E-state index contributed by atoms with van der Waals surface area (Å²) in [4.78, 5) is 14.6. The Labute approximate surface area is 178 Å². The lowest BCUT2D eigenvalue weighted by atomic mass is 9.94. The van der Waals surface area contributed by atoms with Gasteiger partial charge in [0.2, 0.25) is 15.9 Å². The summed E-state index contributed by atoms with van der Waals surface area (Å²) < 4.78 is 64.1. The molecule has 0 saturated carbocycles. The first-order valence-electron chi connectivity index (χ1n) is 8.14. The summed E-state index contributed by atoms with van der Waals surface area (Å²) in [7, 11) is -4.49. The second-order valence-electron chi connectivity index (χ2n) is 6.18. The third-order valence-electron chi connectivity index (χ3n) is 4.06. The van der Waals surface area contributed by atoms with Crippen molar-refractivity contribution in [1.29, 1.82) is 0 Å². The molecule has 30 heavy (non-hydrogen) atoms. The number of carbonyl (C=O) groups is 1. The summed E-state index contributed by atoms with van der Waals surface area (Å²) in [6, 6.07) is 8.82. The van der Waals surface area contributed by atoms with E-state index in [1.54, 1.807) is 12.1 Å². The highest BCUT2D eigenvalue weighted by Gasteiger charge is 2.35. The Hall–Kier alpha value is -2.47. The fourth-order valence-electron chi connectivity index (χ4n) is 2.94. The second-order valence-corrected chi connectivity index (χ2v) is 8.94. The van der Waals surface area contributed by atoms with Crippen LogP contribution in [-0.4, -0.2) is 19.3 Å². The number of thiazole rings is 1. The fourth-order valence-corrected chi connectivity index (χ4v) is 4.87. The third kappa shape index (κ3) is 4.48. The minimum atomic E-state index is -4.69. The third-order valence-corrected chi connectivity index (χ3v) is 6.27. The molecule has 0 saturated heterocycles. The summed E-state index contributed by atoms with van der Waals surface area (Å²) in [6.45, 7) is 0. The average Bonchev–Trinajstić information content (AvgIpc) is 3.11. The number of hydrogen-bond donors (Lipinski definition) is 2. The summed E-state index contributed by atoms with van der Waals surface area (Å²) in [6.07, 6.45) is -5.03. The fraction of sp³-hybridized carbons (Fsp3) is 0.111. The molecule has 0 unspecified atom stereocenters. The van der Waals surface area contributed by atoms with Crippen molar-refractivity contribution >= 4 is 38.9 Å². The van der Waals surface area contributed by atoms with Gasteiger partial charge in [0.1, 0.15) is 0 Å². The van der Waals surface area contributed by atoms with E-state index in [-0.39, 0.29) is 39.4 Å². The average molecular weight is 476 g/mol. The van der Waals surface area contributed by atoms with Crippen LogP contribution in [0, 0.1) is 0 Å². The van der Waals surface area contributed by atoms with E-state index in [4.69, 9.17) is 22.5 Å². The van der Waals surface area contributed by atoms with Crippen molar-refractivity contribution in [2.45, 2.75) is 17.5 Å². The van der Waals surface area contributed by atoms with E-state index in [0.717, 1.165) is 5.38 Å². The molecule has 3 aromatic rings. The number of carbonyl (C=O) groups excluding carboxylic acids is 1. The molecular formula is C18H13ClF3N3O3S2. The van der Waals surface area contributed by atoms with E-state index in [1.807, 2.05) is 0 Å². The van der Waals surface area contributed by atoms with Crippen LogP contribution in [0.1, 0.15) is 10.6 Å². The largest absolute Gasteiger partial charge is 0.443 e. The van der Waals surface area contributed by atoms with E-state index in [1.165, 1.54) is 24.3 Å². The number of primary sulfonamides is 1. The Kier molecular flexibility index (Phi) is 5.92. The Morgan fingerprint density at radius 2 is 1.80 bits per heavy atom. The quantitative estimate of drug-likeness (QED) is 0.583. The van der Waals surface area contributed by atoms with Crippen molar-refractivity contribution in [3.63, 3.8) is 0 Å². The highest BCUT2D eigenvalue weighted by Crippen LogP contribution is 2.42. The predicted molar refractivity (Wildman–Crippen MR) is 107 cm³/mol. The lowest BCUT2D eigenvalue weighted by Gasteiger charge is -2.17. The zero-order chi connectivity index (χ0) is 22.3. The number of amides is 1. The van der Waals surface area contributed by atoms with Gasteiger partial charge < -0.3 is 5.73 Å². The standard InChI is InChI=1S/C18H13ClF3N3O3S2/c19-12-4-2-1-3-10(12)15-9(7-14(23)26)5-6-11(16(15)30(24,27)28)13-8-29-17(25-13)18(20,21)22/h1-6,8H,7H2,(H2,23,26)(H2,24,27,28). The summed E-state index contributed by atoms with van der Waals surface area (Å²) in [5, 5.41) is 5.53. The maximum absolute atomic E-state index is 13.0. The minimum Gasteiger partial charge on any atom is -0.369 e. The predicted octanol–water partition coefficient (Wildman–Crippen LogP) is 3.82. The van der Waals surface area contributed by atoms with Crippen LogP contribution in [0.3, 0.4) is 0 Å². The number of aromatic nitrogens is 1. The molecule has 1 heterocycles. The van der Waals surface area contributed by atoms with Gasteiger partial charge in [-0.3, -0.25) is 4.79 Å². The molecule has 158 valence electrons. The molecule has 2 aromatic carbocycles. The van der Waals surface area contributed by atoms with Crippen molar-refractivity contribution in [3.05, 3.63) is 57.4 Å². The lowest BCUT2D eigenvalue weighted by molar-refractivity contribution is -0.137. The zero-order valence-electron chi connectivity index (χ0n) is 14.9. The van der Waals surface area contributed by atoms with Crippen molar-refractivity contribution in [2.24, 2.45) is 10.9 Å². The van der Waals surface area contributed by atoms with E-state index in [2.05, 4.69) is 4.98 Å². The number of hydrogen-bond acceptors (Lipinski definition) is 5. The van der Waals surface area contributed by atoms with Crippen LogP contribution in [0.5, 0.6) is 0 Å². The first-order valence-corrected chi connectivity index (χ1v) is 10.9. The van der Waals surface area contributed by atoms with Gasteiger partial charge in [0.25, 0.3) is 0 Å². The maximum atomic E-state index is 13.0. The normalized spacial score (nSPS) is 12.2. The number of halogens is 4. The SMILES string of the molecule is NC(=O)Cc1ccc(-c2csc(C(F)(F)F)n2)c(S(N)(=O)=O)c1-c1ccccc1Cl. The zero-order valence-corrected chi connectivity index (χ0v) is 17.3. The highest BCUT2D eigenvalue weighted by molar-refractivity contribution is 7.89. The molecule has 6 nitrogen and oxygen atoms in total. The number of rotatable bonds is 5. The van der Waals surface area contributed by atoms with Gasteiger partial charge >= 0.3 is 6.18 Å². The number of primary amides is 1. The van der Waals surface area contributed by atoms with E-state index in [0.29, 0.717) is 11.3 Å². The number of nitrogens with two attached hydrogens (primary N) is 2. The van der Waals surface area contributed by atoms with Crippen LogP contribution < -0.4 is 10.9 Å². The summed E-state index contributed by atoms with van der Waals surface area (Å²) >= 11 is 6.56. The van der Waals surface area contributed by atoms with E-state index in [9.17, 15) is 26.4 Å². The lowest BCUT2D eigenvalue weighted by Crippen LogP contribution is -2.19. The maximum Gasteiger partial charge on any atom is 0.443 e. The van der Waals surface area contributed by atoms with Crippen LogP contribution in [0.4, 0.5) is 13.2 Å². The topological polar surface area (TPSA) is 116 Å². The Morgan fingerprint density at radius 1 is 1.13 bits per heavy atom. The smallest absolute Gasteiger partial charge is 0.369 e. The molecule has 1 amide bonds. The van der Waals surface area contributed by atoms with Crippen LogP contribution in [0.25, 0.3) is 22.4 Å². The molecule has 12 heteroatoms. The molecule has 0 fully saturated rings. The van der Waals surface area contributed by atoms with E-state index >= 15 is 0 Å². The molecule has 0 aliphatic rings. The van der Waals surface area contributed by atoms with Gasteiger partial charge in [0.15, 0.2) is 5.01 Å². The van der Waals surface area contributed by atoms with Gasteiger partial charge in [0, 0.05) is 27.1 Å². The monoisotopic (exact) mass is 475 g/mol. The number of benzene rings is 2. The first-order chi connectivity index (χ1) is 13.9. The highest BCUT2D eigenvalue weighted by atomic mass is 35.5. The molecule has 0 radical (unpaired) electrons. The van der Waals surface area contributed by atoms with Crippen molar-refractivity contribution in [3.8, 4) is 22.4 Å². The molecule has 0 bridgehead atoms. The number of sulfonamides is 1. The van der Waals surface area contributed by atoms with Crippen LogP contribution in [-0.2, 0) is 27.4 Å². The van der Waals surface area contributed by atoms with Crippen LogP contribution >= 0.6 is 22.9 Å². The second kappa shape index (κ2) is 7.99. The Morgan fingerprint density at radius 3 is 2.33 bits per heavy atom. The summed E-state index contributed by atoms with van der Waals surface area (Å²) in [5.41, 5.74) is 5.33. The van der Waals surface area contributed by atoms with Gasteiger partial charge in [-0.25, -0.2) is 18.5 Å². The van der Waals surface area contributed by atoms with Crippen molar-refractivity contribution in [1.82, 2.24) is 4.98 Å². The Bertz CT molecular complexity index is 1240. The molecule has 0 aliphatic heterocycles. The van der Waals surface area contributed by atoms with Gasteiger partial charge in [-0.15, -0.1) is 11.3 Å². The molecule has 0 spiro atoms. The molecule has 1 aromatic heterocycles. The van der Waals surface area contributed by atoms with Crippen molar-refractivity contribution in [2.75, 3.05) is 0 Å². The van der Waals surface area contributed by atoms with Gasteiger partial charge in [-0.1, -0.05) is 41.9 Å². The van der Waals surface area contributed by atoms with Gasteiger partial charge in [0.05, 0.1) is 17.0 Å². The number of alkyl halides is 3. The van der Waals surface area contributed by atoms with Gasteiger partial charge in [-0.05, 0) is 11.6 Å². The van der Waals surface area contributed by atoms with Crippen LogP contribution in [0.15, 0.2) is 46.7 Å². The van der Waals surface area contributed by atoms with E-state index < -0.39 is 32.0 Å². The molecule has 0 atom stereocenters. The van der Waals surface area contributed by atoms with Crippen molar-refractivity contribution < 1.29 is 26.4 Å². The minimum absolute atomic E-state index is 0.0130. The Balaban J connectivity index is 2.41. The number of nitrogens with zero attached hydrogens (tertiary/aromatic N) is 1. The van der Waals surface area contributed by atoms with Crippen LogP contribution in [0.2, 0.25) is 5.02 Å². The molecule has 0 aliphatic carbocycles. The molecule has 3 rings (SSSR count). The summed E-state index contributed by atoms with van der Waals surface area (Å²) in [5.74, 6) is -0.746. The van der Waals surface area contributed by atoms with Gasteiger partial charge in [-0.2, -0.15) is 13.2 Å².